The van der Waals surface area contributed by atoms with E-state index >= 15 is 0 Å². The van der Waals surface area contributed by atoms with E-state index in [4.69, 9.17) is 15.0 Å². The van der Waals surface area contributed by atoms with Crippen LogP contribution in [0.5, 0.6) is 0 Å². The predicted octanol–water partition coefficient (Wildman–Crippen LogP) is 2.53. The van der Waals surface area contributed by atoms with Gasteiger partial charge in [-0.05, 0) is 5.53 Å². The first kappa shape index (κ1) is 13.7. The molecule has 0 fully saturated rings. The van der Waals surface area contributed by atoms with Crippen molar-refractivity contribution in [3.63, 3.8) is 0 Å². The van der Waals surface area contributed by atoms with Gasteiger partial charge in [0.15, 0.2) is 6.29 Å². The number of ether oxygens (including phenoxy) is 2. The molecule has 13 heavy (non-hydrogen) atoms. The van der Waals surface area contributed by atoms with Gasteiger partial charge in [0.1, 0.15) is 0 Å². The number of rotatable bonds is 8. The molecule has 0 rings (SSSR count). The second-order valence-corrected chi connectivity index (χ2v) is 3.93. The van der Waals surface area contributed by atoms with Gasteiger partial charge in [0.05, 0.1) is 17.6 Å². The molecule has 0 unspecified atom stereocenters. The highest BCUT2D eigenvalue weighted by molar-refractivity contribution is 14.1. The van der Waals surface area contributed by atoms with Crippen LogP contribution in [-0.4, -0.2) is 34.9 Å². The van der Waals surface area contributed by atoms with Gasteiger partial charge in [0.25, 0.3) is 0 Å². The molecule has 0 aromatic carbocycles. The molecular weight excluding hydrogens is 400 g/mol. The lowest BCUT2D eigenvalue weighted by atomic mass is 10.7. The van der Waals surface area contributed by atoms with E-state index in [2.05, 4.69) is 55.2 Å². The number of halogens is 2. The average molecular weight is 411 g/mol. The van der Waals surface area contributed by atoms with Crippen molar-refractivity contribution < 1.29 is 9.47 Å². The second-order valence-electron chi connectivity index (χ2n) is 1.97. The first-order valence-electron chi connectivity index (χ1n) is 3.71. The zero-order valence-electron chi connectivity index (χ0n) is 7.03. The Morgan fingerprint density at radius 1 is 1.31 bits per heavy atom. The summed E-state index contributed by atoms with van der Waals surface area (Å²) in [7, 11) is 0. The number of alkyl halides is 2. The minimum absolute atomic E-state index is 0.177. The molecule has 0 heterocycles. The monoisotopic (exact) mass is 411 g/mol. The summed E-state index contributed by atoms with van der Waals surface area (Å²) in [5.41, 5.74) is 8.00. The summed E-state index contributed by atoms with van der Waals surface area (Å²) in [5, 5.41) is 3.35. The molecule has 1 atom stereocenters. The smallest absolute Gasteiger partial charge is 0.166 e. The molecule has 0 aromatic heterocycles. The van der Waals surface area contributed by atoms with Gasteiger partial charge in [-0.1, -0.05) is 50.3 Å². The molecule has 0 bridgehead atoms. The summed E-state index contributed by atoms with van der Waals surface area (Å²) in [6.45, 7) is 1.46. The Bertz CT molecular complexity index is 164. The first-order chi connectivity index (χ1) is 6.35. The third kappa shape index (κ3) is 9.01. The fraction of sp³-hybridized carbons (Fsp3) is 1.00. The maximum absolute atomic E-state index is 8.00. The molecular formula is C6H11I2N3O2. The van der Waals surface area contributed by atoms with Gasteiger partial charge < -0.3 is 9.47 Å². The third-order valence-electron chi connectivity index (χ3n) is 1.07. The van der Waals surface area contributed by atoms with Crippen LogP contribution in [-0.2, 0) is 9.47 Å². The van der Waals surface area contributed by atoms with Crippen LogP contribution >= 0.6 is 45.2 Å². The van der Waals surface area contributed by atoms with E-state index in [9.17, 15) is 0 Å². The molecule has 0 spiro atoms. The SMILES string of the molecule is [N-]=[N+]=NCCO[C@H](CI)OCCI. The van der Waals surface area contributed by atoms with Gasteiger partial charge in [-0.15, -0.1) is 0 Å². The molecule has 0 radical (unpaired) electrons. The molecule has 0 aliphatic heterocycles. The Kier molecular flexibility index (Phi) is 11.3. The lowest BCUT2D eigenvalue weighted by Crippen LogP contribution is -2.21. The van der Waals surface area contributed by atoms with E-state index < -0.39 is 0 Å². The number of hydrogen-bond acceptors (Lipinski definition) is 3. The van der Waals surface area contributed by atoms with Gasteiger partial charge in [0, 0.05) is 15.9 Å². The van der Waals surface area contributed by atoms with E-state index in [0.717, 1.165) is 8.86 Å². The van der Waals surface area contributed by atoms with Crippen molar-refractivity contribution in [3.8, 4) is 0 Å². The summed E-state index contributed by atoms with van der Waals surface area (Å²) in [4.78, 5) is 2.62. The van der Waals surface area contributed by atoms with Gasteiger partial charge in [0.2, 0.25) is 0 Å². The highest BCUT2D eigenvalue weighted by Gasteiger charge is 2.05. The van der Waals surface area contributed by atoms with E-state index in [-0.39, 0.29) is 6.29 Å². The van der Waals surface area contributed by atoms with Crippen LogP contribution in [0.2, 0.25) is 0 Å². The predicted molar refractivity (Wildman–Crippen MR) is 67.5 cm³/mol. The zero-order valence-corrected chi connectivity index (χ0v) is 11.3. The Morgan fingerprint density at radius 2 is 2.00 bits per heavy atom. The lowest BCUT2D eigenvalue weighted by Gasteiger charge is -2.14. The van der Waals surface area contributed by atoms with Gasteiger partial charge >= 0.3 is 0 Å². The standard InChI is InChI=1S/C6H11I2N3O2/c7-1-3-12-6(5-8)13-4-2-10-11-9/h6H,1-5H2/t6-/m1/s1. The van der Waals surface area contributed by atoms with Gasteiger partial charge in [-0.2, -0.15) is 0 Å². The second kappa shape index (κ2) is 10.8. The van der Waals surface area contributed by atoms with Crippen molar-refractivity contribution in [2.24, 2.45) is 5.11 Å². The topological polar surface area (TPSA) is 67.2 Å². The highest BCUT2D eigenvalue weighted by atomic mass is 127. The molecule has 0 saturated carbocycles. The third-order valence-corrected chi connectivity index (χ3v) is 2.22. The van der Waals surface area contributed by atoms with Crippen molar-refractivity contribution >= 4 is 45.2 Å². The Labute approximate surface area is 104 Å². The van der Waals surface area contributed by atoms with Crippen molar-refractivity contribution in [2.45, 2.75) is 6.29 Å². The maximum atomic E-state index is 8.00. The van der Waals surface area contributed by atoms with Crippen molar-refractivity contribution in [2.75, 3.05) is 28.6 Å². The van der Waals surface area contributed by atoms with Crippen molar-refractivity contribution in [1.29, 1.82) is 0 Å². The van der Waals surface area contributed by atoms with Crippen LogP contribution in [0.4, 0.5) is 0 Å². The lowest BCUT2D eigenvalue weighted by molar-refractivity contribution is -0.118. The summed E-state index contributed by atoms with van der Waals surface area (Å²) in [6, 6.07) is 0. The van der Waals surface area contributed by atoms with E-state index in [1.165, 1.54) is 0 Å². The van der Waals surface area contributed by atoms with E-state index in [1.807, 2.05) is 0 Å². The molecule has 5 nitrogen and oxygen atoms in total. The molecule has 7 heteroatoms. The van der Waals surface area contributed by atoms with Crippen LogP contribution in [0.15, 0.2) is 5.11 Å². The van der Waals surface area contributed by atoms with E-state index in [1.54, 1.807) is 0 Å². The number of azide groups is 1. The Hall–Kier alpha value is 0.690. The molecule has 0 N–H and O–H groups in total. The van der Waals surface area contributed by atoms with Gasteiger partial charge in [-0.3, -0.25) is 0 Å². The first-order valence-corrected chi connectivity index (χ1v) is 6.76. The average Bonchev–Trinajstić information content (AvgIpc) is 2.17. The number of nitrogens with zero attached hydrogens (tertiary/aromatic N) is 3. The van der Waals surface area contributed by atoms with Crippen molar-refractivity contribution in [3.05, 3.63) is 10.4 Å². The van der Waals surface area contributed by atoms with Crippen molar-refractivity contribution in [1.82, 2.24) is 0 Å². The molecule has 0 aliphatic rings. The van der Waals surface area contributed by atoms with Crippen LogP contribution in [0.3, 0.4) is 0 Å². The van der Waals surface area contributed by atoms with Crippen LogP contribution in [0.1, 0.15) is 0 Å². The fourth-order valence-electron chi connectivity index (χ4n) is 0.583. The summed E-state index contributed by atoms with van der Waals surface area (Å²) in [5.74, 6) is 0. The minimum Gasteiger partial charge on any atom is -0.352 e. The molecule has 0 saturated heterocycles. The normalized spacial score (nSPS) is 12.2. The largest absolute Gasteiger partial charge is 0.352 e. The highest BCUT2D eigenvalue weighted by Crippen LogP contribution is 2.00. The van der Waals surface area contributed by atoms with Crippen LogP contribution in [0.25, 0.3) is 10.4 Å². The zero-order chi connectivity index (χ0) is 9.94. The molecule has 76 valence electrons. The minimum atomic E-state index is -0.177. The summed E-state index contributed by atoms with van der Waals surface area (Å²) >= 11 is 4.43. The fourth-order valence-corrected chi connectivity index (χ4v) is 1.35. The van der Waals surface area contributed by atoms with Gasteiger partial charge in [-0.25, -0.2) is 0 Å². The summed E-state index contributed by atoms with van der Waals surface area (Å²) in [6.07, 6.45) is -0.177. The van der Waals surface area contributed by atoms with Crippen LogP contribution in [0, 0.1) is 0 Å². The molecule has 0 aromatic rings. The maximum Gasteiger partial charge on any atom is 0.166 e. The number of hydrogen-bond donors (Lipinski definition) is 0. The molecule has 0 amide bonds. The Morgan fingerprint density at radius 3 is 2.54 bits per heavy atom. The quantitative estimate of drug-likeness (QED) is 0.117. The van der Waals surface area contributed by atoms with Crippen LogP contribution < -0.4 is 0 Å². The summed E-state index contributed by atoms with van der Waals surface area (Å²) < 4.78 is 12.4. The Balaban J connectivity index is 3.41. The van der Waals surface area contributed by atoms with E-state index in [0.29, 0.717) is 19.8 Å². The molecule has 0 aliphatic carbocycles.